The third-order valence-electron chi connectivity index (χ3n) is 1.23. The number of nitrogens with zero attached hydrogens (tertiary/aromatic N) is 1. The lowest BCUT2D eigenvalue weighted by Gasteiger charge is -1.88. The molecule has 0 spiro atoms. The minimum absolute atomic E-state index is 1.23. The molecule has 1 aliphatic carbocycles. The second-order valence-electron chi connectivity index (χ2n) is 2.12. The van der Waals surface area contributed by atoms with Crippen LogP contribution in [0, 0.1) is 0 Å². The summed E-state index contributed by atoms with van der Waals surface area (Å²) in [5.41, 5.74) is 0. The first-order chi connectivity index (χ1) is 5.50. The van der Waals surface area contributed by atoms with E-state index in [1.807, 2.05) is 11.4 Å². The van der Waals surface area contributed by atoms with Crippen LogP contribution in [0.5, 0.6) is 0 Å². The van der Waals surface area contributed by atoms with Gasteiger partial charge in [-0.25, -0.2) is 4.37 Å². The second kappa shape index (κ2) is 5.86. The van der Waals surface area contributed by atoms with E-state index < -0.39 is 0 Å². The highest BCUT2D eigenvalue weighted by atomic mass is 32.1. The lowest BCUT2D eigenvalue weighted by atomic mass is 10.2. The van der Waals surface area contributed by atoms with E-state index in [9.17, 15) is 0 Å². The van der Waals surface area contributed by atoms with Crippen LogP contribution in [-0.2, 0) is 0 Å². The fourth-order valence-electron chi connectivity index (χ4n) is 0.718. The lowest BCUT2D eigenvalue weighted by molar-refractivity contribution is 1.04. The molecule has 2 heteroatoms. The molecule has 0 bridgehead atoms. The van der Waals surface area contributed by atoms with Crippen molar-refractivity contribution in [3.63, 3.8) is 0 Å². The molecule has 2 rings (SSSR count). The molecule has 0 aromatic carbocycles. The molecule has 1 aromatic heterocycles. The zero-order valence-corrected chi connectivity index (χ0v) is 7.13. The van der Waals surface area contributed by atoms with E-state index in [1.54, 1.807) is 6.20 Å². The highest BCUT2D eigenvalue weighted by molar-refractivity contribution is 7.03. The highest BCUT2D eigenvalue weighted by Crippen LogP contribution is 1.98. The Bertz CT molecular complexity index is 182. The standard InChI is InChI=1S/C6H8.C3H3NS/c1-2-4-6-5-3-1;1-2-4-5-3-1/h1-4H,5-6H2;1-3H. The van der Waals surface area contributed by atoms with Crippen molar-refractivity contribution in [2.24, 2.45) is 0 Å². The summed E-state index contributed by atoms with van der Waals surface area (Å²) in [6, 6.07) is 1.91. The molecule has 0 fully saturated rings. The van der Waals surface area contributed by atoms with E-state index in [0.29, 0.717) is 0 Å². The van der Waals surface area contributed by atoms with Gasteiger partial charge in [-0.1, -0.05) is 24.3 Å². The fourth-order valence-corrected chi connectivity index (χ4v) is 1.07. The largest absolute Gasteiger partial charge is 0.201 e. The zero-order valence-electron chi connectivity index (χ0n) is 6.31. The third-order valence-corrected chi connectivity index (χ3v) is 1.75. The van der Waals surface area contributed by atoms with Crippen molar-refractivity contribution in [1.29, 1.82) is 0 Å². The summed E-state index contributed by atoms with van der Waals surface area (Å²) in [6.45, 7) is 0. The summed E-state index contributed by atoms with van der Waals surface area (Å²) in [6.07, 6.45) is 12.8. The molecular weight excluding hydrogens is 154 g/mol. The number of rotatable bonds is 0. The first kappa shape index (κ1) is 8.21. The number of hydrogen-bond donors (Lipinski definition) is 0. The first-order valence-electron chi connectivity index (χ1n) is 3.66. The Morgan fingerprint density at radius 1 is 1.09 bits per heavy atom. The van der Waals surface area contributed by atoms with E-state index in [0.717, 1.165) is 0 Å². The van der Waals surface area contributed by atoms with Crippen LogP contribution in [-0.4, -0.2) is 4.37 Å². The molecular formula is C9H11NS. The molecule has 1 aromatic rings. The maximum atomic E-state index is 3.76. The molecule has 0 N–H and O–H groups in total. The number of hydrogen-bond acceptors (Lipinski definition) is 2. The van der Waals surface area contributed by atoms with Crippen molar-refractivity contribution in [2.45, 2.75) is 12.8 Å². The molecule has 0 saturated heterocycles. The van der Waals surface area contributed by atoms with Crippen molar-refractivity contribution in [1.82, 2.24) is 4.37 Å². The molecule has 1 aliphatic rings. The number of allylic oxidation sites excluding steroid dienone is 4. The van der Waals surface area contributed by atoms with Crippen molar-refractivity contribution in [2.75, 3.05) is 0 Å². The van der Waals surface area contributed by atoms with Crippen LogP contribution in [0.2, 0.25) is 0 Å². The SMILES string of the molecule is C1=CCCC=C1.c1cnsc1. The molecule has 1 heterocycles. The summed E-state index contributed by atoms with van der Waals surface area (Å²) in [7, 11) is 0. The minimum atomic E-state index is 1.23. The molecule has 0 radical (unpaired) electrons. The number of aromatic nitrogens is 1. The van der Waals surface area contributed by atoms with E-state index in [4.69, 9.17) is 0 Å². The fraction of sp³-hybridized carbons (Fsp3) is 0.222. The van der Waals surface area contributed by atoms with Gasteiger partial charge in [-0.3, -0.25) is 0 Å². The second-order valence-corrected chi connectivity index (χ2v) is 2.82. The quantitative estimate of drug-likeness (QED) is 0.576. The summed E-state index contributed by atoms with van der Waals surface area (Å²) >= 11 is 1.46. The van der Waals surface area contributed by atoms with Gasteiger partial charge >= 0.3 is 0 Å². The maximum Gasteiger partial charge on any atom is 0.0406 e. The van der Waals surface area contributed by atoms with Gasteiger partial charge in [0.1, 0.15) is 0 Å². The molecule has 58 valence electrons. The van der Waals surface area contributed by atoms with E-state index in [1.165, 1.54) is 24.4 Å². The molecule has 11 heavy (non-hydrogen) atoms. The van der Waals surface area contributed by atoms with Gasteiger partial charge in [0.15, 0.2) is 0 Å². The van der Waals surface area contributed by atoms with Crippen LogP contribution in [0.3, 0.4) is 0 Å². The Balaban J connectivity index is 0.000000112. The monoisotopic (exact) mass is 165 g/mol. The van der Waals surface area contributed by atoms with Gasteiger partial charge < -0.3 is 0 Å². The van der Waals surface area contributed by atoms with Gasteiger partial charge in [0.05, 0.1) is 0 Å². The summed E-state index contributed by atoms with van der Waals surface area (Å²) < 4.78 is 3.76. The van der Waals surface area contributed by atoms with Crippen molar-refractivity contribution >= 4 is 11.5 Å². The average Bonchev–Trinajstić information content (AvgIpc) is 2.64. The first-order valence-corrected chi connectivity index (χ1v) is 4.50. The van der Waals surface area contributed by atoms with Gasteiger partial charge in [0, 0.05) is 11.6 Å². The highest BCUT2D eigenvalue weighted by Gasteiger charge is 1.77. The topological polar surface area (TPSA) is 12.9 Å². The Hall–Kier alpha value is -0.890. The normalized spacial score (nSPS) is 13.8. The predicted octanol–water partition coefficient (Wildman–Crippen LogP) is 3.04. The molecule has 0 unspecified atom stereocenters. The Morgan fingerprint density at radius 2 is 1.82 bits per heavy atom. The maximum absolute atomic E-state index is 3.76. The van der Waals surface area contributed by atoms with Crippen LogP contribution in [0.4, 0.5) is 0 Å². The van der Waals surface area contributed by atoms with Gasteiger partial charge in [-0.2, -0.15) is 0 Å². The van der Waals surface area contributed by atoms with Crippen LogP contribution in [0.25, 0.3) is 0 Å². The zero-order chi connectivity index (χ0) is 7.78. The van der Waals surface area contributed by atoms with Gasteiger partial charge in [0.25, 0.3) is 0 Å². The Morgan fingerprint density at radius 3 is 2.00 bits per heavy atom. The predicted molar refractivity (Wildman–Crippen MR) is 49.6 cm³/mol. The summed E-state index contributed by atoms with van der Waals surface area (Å²) in [5, 5.41) is 1.93. The smallest absolute Gasteiger partial charge is 0.0406 e. The molecule has 0 saturated carbocycles. The average molecular weight is 165 g/mol. The molecule has 1 nitrogen and oxygen atoms in total. The molecule has 0 amide bonds. The summed E-state index contributed by atoms with van der Waals surface area (Å²) in [5.74, 6) is 0. The van der Waals surface area contributed by atoms with E-state index in [-0.39, 0.29) is 0 Å². The van der Waals surface area contributed by atoms with Crippen LogP contribution in [0.15, 0.2) is 41.9 Å². The molecule has 0 atom stereocenters. The van der Waals surface area contributed by atoms with Crippen LogP contribution in [0.1, 0.15) is 12.8 Å². The van der Waals surface area contributed by atoms with Crippen LogP contribution < -0.4 is 0 Å². The Kier molecular flexibility index (Phi) is 4.37. The molecule has 0 aliphatic heterocycles. The third kappa shape index (κ3) is 4.51. The van der Waals surface area contributed by atoms with Crippen molar-refractivity contribution < 1.29 is 0 Å². The Labute approximate surface area is 71.2 Å². The van der Waals surface area contributed by atoms with E-state index >= 15 is 0 Å². The van der Waals surface area contributed by atoms with E-state index in [2.05, 4.69) is 28.7 Å². The van der Waals surface area contributed by atoms with Crippen molar-refractivity contribution in [3.8, 4) is 0 Å². The van der Waals surface area contributed by atoms with Gasteiger partial charge in [0.2, 0.25) is 0 Å². The minimum Gasteiger partial charge on any atom is -0.201 e. The lowest BCUT2D eigenvalue weighted by Crippen LogP contribution is -1.67. The summed E-state index contributed by atoms with van der Waals surface area (Å²) in [4.78, 5) is 0. The van der Waals surface area contributed by atoms with Gasteiger partial charge in [-0.15, -0.1) is 0 Å². The van der Waals surface area contributed by atoms with Crippen molar-refractivity contribution in [3.05, 3.63) is 41.9 Å². The van der Waals surface area contributed by atoms with Gasteiger partial charge in [-0.05, 0) is 30.4 Å². The van der Waals surface area contributed by atoms with Crippen LogP contribution >= 0.6 is 11.5 Å².